The average Bonchev–Trinajstić information content (AvgIpc) is 3.15. The van der Waals surface area contributed by atoms with E-state index < -0.39 is 0 Å². The summed E-state index contributed by atoms with van der Waals surface area (Å²) in [6, 6.07) is 15.1. The number of carbonyl (C=O) groups excluding carboxylic acids is 1. The fourth-order valence-corrected chi connectivity index (χ4v) is 2.53. The van der Waals surface area contributed by atoms with E-state index in [1.807, 2.05) is 47.4 Å². The molecule has 0 bridgehead atoms. The first-order valence-corrected chi connectivity index (χ1v) is 7.31. The van der Waals surface area contributed by atoms with Crippen LogP contribution in [0.25, 0.3) is 17.1 Å². The highest BCUT2D eigenvalue weighted by Gasteiger charge is 2.26. The van der Waals surface area contributed by atoms with Gasteiger partial charge in [0.15, 0.2) is 5.76 Å². The number of hydrogen-bond acceptors (Lipinski definition) is 3. The Morgan fingerprint density at radius 2 is 1.91 bits per heavy atom. The van der Waals surface area contributed by atoms with E-state index in [4.69, 9.17) is 4.42 Å². The zero-order valence-corrected chi connectivity index (χ0v) is 12.0. The Labute approximate surface area is 127 Å². The number of aromatic nitrogens is 2. The number of rotatable bonds is 3. The molecule has 0 unspecified atom stereocenters. The van der Waals surface area contributed by atoms with Gasteiger partial charge in [-0.25, -0.2) is 4.68 Å². The average molecular weight is 293 g/mol. The van der Waals surface area contributed by atoms with Crippen molar-refractivity contribution >= 4 is 5.91 Å². The maximum absolute atomic E-state index is 12.6. The maximum Gasteiger partial charge on any atom is 0.272 e. The van der Waals surface area contributed by atoms with E-state index in [1.165, 1.54) is 0 Å². The molecule has 4 rings (SSSR count). The van der Waals surface area contributed by atoms with Crippen LogP contribution in [-0.4, -0.2) is 33.7 Å². The SMILES string of the molecule is O=C(c1cc(-c2ccco2)nn1-c1ccccc1)N1CCC1. The van der Waals surface area contributed by atoms with Crippen molar-refractivity contribution in [2.45, 2.75) is 6.42 Å². The van der Waals surface area contributed by atoms with Gasteiger partial charge in [0.25, 0.3) is 5.91 Å². The smallest absolute Gasteiger partial charge is 0.272 e. The maximum atomic E-state index is 12.6. The number of carbonyl (C=O) groups is 1. The number of hydrogen-bond donors (Lipinski definition) is 0. The van der Waals surface area contributed by atoms with Crippen LogP contribution in [0.4, 0.5) is 0 Å². The Bertz CT molecular complexity index is 787. The Hall–Kier alpha value is -2.82. The molecule has 0 N–H and O–H groups in total. The van der Waals surface area contributed by atoms with E-state index in [0.29, 0.717) is 17.1 Å². The zero-order chi connectivity index (χ0) is 14.9. The van der Waals surface area contributed by atoms with Crippen LogP contribution in [0.1, 0.15) is 16.9 Å². The van der Waals surface area contributed by atoms with Gasteiger partial charge in [-0.05, 0) is 30.7 Å². The van der Waals surface area contributed by atoms with Gasteiger partial charge in [0, 0.05) is 19.2 Å². The van der Waals surface area contributed by atoms with Crippen LogP contribution in [0.15, 0.2) is 59.2 Å². The number of nitrogens with zero attached hydrogens (tertiary/aromatic N) is 3. The molecular weight excluding hydrogens is 278 g/mol. The molecule has 1 saturated heterocycles. The minimum absolute atomic E-state index is 0.0143. The quantitative estimate of drug-likeness (QED) is 0.746. The second-order valence-electron chi connectivity index (χ2n) is 5.29. The first-order valence-electron chi connectivity index (χ1n) is 7.31. The Morgan fingerprint density at radius 3 is 2.55 bits per heavy atom. The number of furan rings is 1. The summed E-state index contributed by atoms with van der Waals surface area (Å²) >= 11 is 0. The lowest BCUT2D eigenvalue weighted by Gasteiger charge is -2.30. The van der Waals surface area contributed by atoms with E-state index in [0.717, 1.165) is 25.2 Å². The molecular formula is C17H15N3O2. The summed E-state index contributed by atoms with van der Waals surface area (Å²) in [7, 11) is 0. The van der Waals surface area contributed by atoms with Crippen LogP contribution < -0.4 is 0 Å². The summed E-state index contributed by atoms with van der Waals surface area (Å²) in [5, 5.41) is 4.56. The molecule has 3 aromatic rings. The highest BCUT2D eigenvalue weighted by Crippen LogP contribution is 2.24. The van der Waals surface area contributed by atoms with Gasteiger partial charge >= 0.3 is 0 Å². The van der Waals surface area contributed by atoms with Crippen LogP contribution in [0.5, 0.6) is 0 Å². The number of para-hydroxylation sites is 1. The fraction of sp³-hybridized carbons (Fsp3) is 0.176. The standard InChI is InChI=1S/C17H15N3O2/c21-17(19-9-5-10-19)15-12-14(16-8-4-11-22-16)18-20(15)13-6-2-1-3-7-13/h1-4,6-8,11-12H,5,9-10H2. The molecule has 0 spiro atoms. The molecule has 0 saturated carbocycles. The second kappa shape index (κ2) is 5.18. The van der Waals surface area contributed by atoms with Crippen molar-refractivity contribution in [3.63, 3.8) is 0 Å². The molecule has 22 heavy (non-hydrogen) atoms. The third-order valence-corrected chi connectivity index (χ3v) is 3.85. The minimum atomic E-state index is 0.0143. The van der Waals surface area contributed by atoms with Gasteiger partial charge in [-0.2, -0.15) is 5.10 Å². The highest BCUT2D eigenvalue weighted by molar-refractivity contribution is 5.94. The summed E-state index contributed by atoms with van der Waals surface area (Å²) in [6.07, 6.45) is 2.67. The van der Waals surface area contributed by atoms with E-state index in [1.54, 1.807) is 17.0 Å². The third-order valence-electron chi connectivity index (χ3n) is 3.85. The predicted octanol–water partition coefficient (Wildman–Crippen LogP) is 2.98. The summed E-state index contributed by atoms with van der Waals surface area (Å²) in [4.78, 5) is 14.5. The van der Waals surface area contributed by atoms with Crippen molar-refractivity contribution < 1.29 is 9.21 Å². The summed E-state index contributed by atoms with van der Waals surface area (Å²) in [6.45, 7) is 1.63. The van der Waals surface area contributed by atoms with Gasteiger partial charge in [0.2, 0.25) is 0 Å². The molecule has 1 aliphatic rings. The summed E-state index contributed by atoms with van der Waals surface area (Å²) in [5.74, 6) is 0.674. The van der Waals surface area contributed by atoms with Crippen molar-refractivity contribution in [3.8, 4) is 17.1 Å². The van der Waals surface area contributed by atoms with E-state index in [-0.39, 0.29) is 5.91 Å². The molecule has 3 heterocycles. The molecule has 0 atom stereocenters. The van der Waals surface area contributed by atoms with Gasteiger partial charge in [0.1, 0.15) is 11.4 Å². The van der Waals surface area contributed by atoms with Gasteiger partial charge in [-0.1, -0.05) is 18.2 Å². The molecule has 1 aliphatic heterocycles. The van der Waals surface area contributed by atoms with Crippen LogP contribution in [0.3, 0.4) is 0 Å². The Morgan fingerprint density at radius 1 is 1.09 bits per heavy atom. The largest absolute Gasteiger partial charge is 0.463 e. The van der Waals surface area contributed by atoms with E-state index in [2.05, 4.69) is 5.10 Å². The van der Waals surface area contributed by atoms with Gasteiger partial charge in [-0.3, -0.25) is 4.79 Å². The molecule has 5 nitrogen and oxygen atoms in total. The molecule has 5 heteroatoms. The van der Waals surface area contributed by atoms with Crippen LogP contribution in [-0.2, 0) is 0 Å². The minimum Gasteiger partial charge on any atom is -0.463 e. The summed E-state index contributed by atoms with van der Waals surface area (Å²) in [5.41, 5.74) is 2.10. The predicted molar refractivity (Wildman–Crippen MR) is 81.8 cm³/mol. The number of amides is 1. The monoisotopic (exact) mass is 293 g/mol. The molecule has 2 aromatic heterocycles. The highest BCUT2D eigenvalue weighted by atomic mass is 16.3. The van der Waals surface area contributed by atoms with E-state index in [9.17, 15) is 4.79 Å². The molecule has 1 aromatic carbocycles. The topological polar surface area (TPSA) is 51.3 Å². The normalized spacial score (nSPS) is 13.9. The third kappa shape index (κ3) is 2.11. The van der Waals surface area contributed by atoms with Gasteiger partial charge in [-0.15, -0.1) is 0 Å². The van der Waals surface area contributed by atoms with Crippen LogP contribution >= 0.6 is 0 Å². The summed E-state index contributed by atoms with van der Waals surface area (Å²) < 4.78 is 7.10. The van der Waals surface area contributed by atoms with Crippen molar-refractivity contribution in [1.29, 1.82) is 0 Å². The van der Waals surface area contributed by atoms with Crippen molar-refractivity contribution in [2.75, 3.05) is 13.1 Å². The lowest BCUT2D eigenvalue weighted by Crippen LogP contribution is -2.42. The fourth-order valence-electron chi connectivity index (χ4n) is 2.53. The number of likely N-dealkylation sites (tertiary alicyclic amines) is 1. The van der Waals surface area contributed by atoms with Crippen molar-refractivity contribution in [2.24, 2.45) is 0 Å². The Balaban J connectivity index is 1.82. The second-order valence-corrected chi connectivity index (χ2v) is 5.29. The number of benzene rings is 1. The van der Waals surface area contributed by atoms with Crippen molar-refractivity contribution in [3.05, 3.63) is 60.5 Å². The van der Waals surface area contributed by atoms with E-state index >= 15 is 0 Å². The lowest BCUT2D eigenvalue weighted by molar-refractivity contribution is 0.0642. The van der Waals surface area contributed by atoms with Crippen molar-refractivity contribution in [1.82, 2.24) is 14.7 Å². The molecule has 1 fully saturated rings. The molecule has 110 valence electrons. The zero-order valence-electron chi connectivity index (χ0n) is 12.0. The lowest BCUT2D eigenvalue weighted by atomic mass is 10.2. The molecule has 1 amide bonds. The molecule has 0 aliphatic carbocycles. The first kappa shape index (κ1) is 12.9. The van der Waals surface area contributed by atoms with Crippen LogP contribution in [0, 0.1) is 0 Å². The first-order chi connectivity index (χ1) is 10.8. The Kier molecular flexibility index (Phi) is 3.04. The van der Waals surface area contributed by atoms with Gasteiger partial charge < -0.3 is 9.32 Å². The molecule has 0 radical (unpaired) electrons. The van der Waals surface area contributed by atoms with Gasteiger partial charge in [0.05, 0.1) is 12.0 Å². The van der Waals surface area contributed by atoms with Crippen LogP contribution in [0.2, 0.25) is 0 Å².